The van der Waals surface area contributed by atoms with Crippen molar-refractivity contribution >= 4 is 11.9 Å². The largest absolute Gasteiger partial charge is 0.492 e. The van der Waals surface area contributed by atoms with Gasteiger partial charge in [-0.1, -0.05) is 32.0 Å². The van der Waals surface area contributed by atoms with Gasteiger partial charge in [-0.05, 0) is 37.8 Å². The second-order valence-electron chi connectivity index (χ2n) is 6.86. The molecular weight excluding hydrogens is 320 g/mol. The van der Waals surface area contributed by atoms with Crippen molar-refractivity contribution in [3.8, 4) is 11.8 Å². The molecule has 1 amide bonds. The summed E-state index contributed by atoms with van der Waals surface area (Å²) in [4.78, 5) is 24.6. The molecule has 0 saturated heterocycles. The van der Waals surface area contributed by atoms with Gasteiger partial charge in [0.2, 0.25) is 0 Å². The Balaban J connectivity index is 1.94. The lowest BCUT2D eigenvalue weighted by Gasteiger charge is -2.29. The summed E-state index contributed by atoms with van der Waals surface area (Å²) in [5.74, 6) is -0.701. The molecule has 0 saturated carbocycles. The number of fused-ring (bicyclic) bond motifs is 1. The molecule has 25 heavy (non-hydrogen) atoms. The van der Waals surface area contributed by atoms with Crippen LogP contribution < -0.4 is 10.1 Å². The number of nitrogens with one attached hydrogen (secondary N) is 1. The first-order valence-electron chi connectivity index (χ1n) is 8.41. The van der Waals surface area contributed by atoms with E-state index in [1.807, 2.05) is 38.1 Å². The molecule has 1 aliphatic heterocycles. The predicted molar refractivity (Wildman–Crippen MR) is 91.7 cm³/mol. The van der Waals surface area contributed by atoms with Gasteiger partial charge in [-0.3, -0.25) is 9.59 Å². The SMILES string of the molecule is CC(OC(=O)C1COc2ccccc2C1)C(=O)NC(C)(C#N)C(C)C. The zero-order valence-corrected chi connectivity index (χ0v) is 15.0. The molecule has 2 rings (SSSR count). The van der Waals surface area contributed by atoms with Crippen molar-refractivity contribution in [2.45, 2.75) is 45.8 Å². The summed E-state index contributed by atoms with van der Waals surface area (Å²) in [6, 6.07) is 9.64. The van der Waals surface area contributed by atoms with Crippen LogP contribution in [0.25, 0.3) is 0 Å². The molecule has 0 radical (unpaired) electrons. The summed E-state index contributed by atoms with van der Waals surface area (Å²) in [6.07, 6.45) is -0.457. The lowest BCUT2D eigenvalue weighted by atomic mass is 9.90. The highest BCUT2D eigenvalue weighted by molar-refractivity contribution is 5.85. The number of carbonyl (C=O) groups excluding carboxylic acids is 2. The van der Waals surface area contributed by atoms with E-state index < -0.39 is 29.4 Å². The van der Waals surface area contributed by atoms with Gasteiger partial charge >= 0.3 is 5.97 Å². The van der Waals surface area contributed by atoms with E-state index in [1.54, 1.807) is 6.92 Å². The minimum absolute atomic E-state index is 0.0763. The normalized spacial score (nSPS) is 19.6. The molecular formula is C19H24N2O4. The Morgan fingerprint density at radius 1 is 1.36 bits per heavy atom. The number of esters is 1. The van der Waals surface area contributed by atoms with Crippen molar-refractivity contribution in [1.29, 1.82) is 5.26 Å². The van der Waals surface area contributed by atoms with Gasteiger partial charge in [-0.25, -0.2) is 0 Å². The Kier molecular flexibility index (Phi) is 5.68. The van der Waals surface area contributed by atoms with Crippen LogP contribution in [0.5, 0.6) is 5.75 Å². The number of para-hydroxylation sites is 1. The monoisotopic (exact) mass is 344 g/mol. The van der Waals surface area contributed by atoms with Crippen LogP contribution in [0, 0.1) is 23.2 Å². The van der Waals surface area contributed by atoms with E-state index in [0.29, 0.717) is 6.42 Å². The highest BCUT2D eigenvalue weighted by atomic mass is 16.6. The molecule has 1 aromatic rings. The second-order valence-corrected chi connectivity index (χ2v) is 6.86. The molecule has 6 heteroatoms. The fraction of sp³-hybridized carbons (Fsp3) is 0.526. The second kappa shape index (κ2) is 7.56. The maximum atomic E-state index is 12.3. The average molecular weight is 344 g/mol. The van der Waals surface area contributed by atoms with Crippen LogP contribution in [0.15, 0.2) is 24.3 Å². The molecule has 0 aromatic heterocycles. The first kappa shape index (κ1) is 18.8. The molecule has 0 fully saturated rings. The third-order valence-electron chi connectivity index (χ3n) is 4.64. The van der Waals surface area contributed by atoms with Crippen LogP contribution in [-0.2, 0) is 20.7 Å². The van der Waals surface area contributed by atoms with Gasteiger partial charge in [-0.2, -0.15) is 5.26 Å². The number of rotatable bonds is 5. The summed E-state index contributed by atoms with van der Waals surface area (Å²) < 4.78 is 10.9. The molecule has 1 N–H and O–H groups in total. The Hall–Kier alpha value is -2.55. The fourth-order valence-electron chi connectivity index (χ4n) is 2.46. The van der Waals surface area contributed by atoms with Gasteiger partial charge in [0.1, 0.15) is 17.9 Å². The Labute approximate surface area is 148 Å². The quantitative estimate of drug-likeness (QED) is 0.828. The molecule has 0 spiro atoms. The van der Waals surface area contributed by atoms with Gasteiger partial charge in [0.15, 0.2) is 6.10 Å². The van der Waals surface area contributed by atoms with Crippen LogP contribution in [0.1, 0.15) is 33.3 Å². The number of hydrogen-bond donors (Lipinski definition) is 1. The molecule has 0 bridgehead atoms. The van der Waals surface area contributed by atoms with Crippen LogP contribution in [-0.4, -0.2) is 30.1 Å². The van der Waals surface area contributed by atoms with Crippen molar-refractivity contribution in [1.82, 2.24) is 5.32 Å². The maximum Gasteiger partial charge on any atom is 0.313 e. The predicted octanol–water partition coefficient (Wildman–Crippen LogP) is 2.22. The van der Waals surface area contributed by atoms with E-state index >= 15 is 0 Å². The Morgan fingerprint density at radius 3 is 2.68 bits per heavy atom. The Bertz CT molecular complexity index is 695. The van der Waals surface area contributed by atoms with E-state index in [4.69, 9.17) is 9.47 Å². The number of hydrogen-bond acceptors (Lipinski definition) is 5. The standard InChI is InChI=1S/C19H24N2O4/c1-12(2)19(4,11-20)21-17(22)13(3)25-18(23)15-9-14-7-5-6-8-16(14)24-10-15/h5-8,12-13,15H,9-10H2,1-4H3,(H,21,22). The smallest absolute Gasteiger partial charge is 0.313 e. The number of benzene rings is 1. The van der Waals surface area contributed by atoms with Crippen molar-refractivity contribution in [3.05, 3.63) is 29.8 Å². The minimum atomic E-state index is -1.01. The van der Waals surface area contributed by atoms with Gasteiger partial charge < -0.3 is 14.8 Å². The molecule has 1 aromatic carbocycles. The molecule has 3 atom stereocenters. The fourth-order valence-corrected chi connectivity index (χ4v) is 2.46. The number of nitrogens with zero attached hydrogens (tertiary/aromatic N) is 1. The van der Waals surface area contributed by atoms with Gasteiger partial charge in [-0.15, -0.1) is 0 Å². The Morgan fingerprint density at radius 2 is 2.04 bits per heavy atom. The van der Waals surface area contributed by atoms with E-state index in [1.165, 1.54) is 6.92 Å². The zero-order chi connectivity index (χ0) is 18.6. The van der Waals surface area contributed by atoms with Gasteiger partial charge in [0, 0.05) is 0 Å². The first-order chi connectivity index (χ1) is 11.8. The van der Waals surface area contributed by atoms with Gasteiger partial charge in [0.05, 0.1) is 12.0 Å². The van der Waals surface area contributed by atoms with E-state index in [2.05, 4.69) is 11.4 Å². The summed E-state index contributed by atoms with van der Waals surface area (Å²) in [5, 5.41) is 11.9. The van der Waals surface area contributed by atoms with E-state index in [0.717, 1.165) is 11.3 Å². The maximum absolute atomic E-state index is 12.3. The minimum Gasteiger partial charge on any atom is -0.492 e. The van der Waals surface area contributed by atoms with Crippen LogP contribution in [0.2, 0.25) is 0 Å². The van der Waals surface area contributed by atoms with Crippen LogP contribution >= 0.6 is 0 Å². The van der Waals surface area contributed by atoms with Crippen molar-refractivity contribution < 1.29 is 19.1 Å². The third kappa shape index (κ3) is 4.30. The lowest BCUT2D eigenvalue weighted by molar-refractivity contribution is -0.160. The lowest BCUT2D eigenvalue weighted by Crippen LogP contribution is -2.52. The highest BCUT2D eigenvalue weighted by Gasteiger charge is 2.34. The van der Waals surface area contributed by atoms with E-state index in [9.17, 15) is 14.9 Å². The number of nitriles is 1. The number of ether oxygens (including phenoxy) is 2. The number of amides is 1. The van der Waals surface area contributed by atoms with Crippen LogP contribution in [0.4, 0.5) is 0 Å². The summed E-state index contributed by atoms with van der Waals surface area (Å²) in [7, 11) is 0. The molecule has 3 unspecified atom stereocenters. The summed E-state index contributed by atoms with van der Waals surface area (Å²) in [5.41, 5.74) is -0.0605. The van der Waals surface area contributed by atoms with Gasteiger partial charge in [0.25, 0.3) is 5.91 Å². The zero-order valence-electron chi connectivity index (χ0n) is 15.0. The van der Waals surface area contributed by atoms with Crippen molar-refractivity contribution in [3.63, 3.8) is 0 Å². The summed E-state index contributed by atoms with van der Waals surface area (Å²) >= 11 is 0. The molecule has 134 valence electrons. The molecule has 6 nitrogen and oxygen atoms in total. The average Bonchev–Trinajstić information content (AvgIpc) is 2.60. The molecule has 1 aliphatic rings. The van der Waals surface area contributed by atoms with E-state index in [-0.39, 0.29) is 12.5 Å². The molecule has 0 aliphatic carbocycles. The highest BCUT2D eigenvalue weighted by Crippen LogP contribution is 2.27. The number of carbonyl (C=O) groups is 2. The topological polar surface area (TPSA) is 88.4 Å². The molecule has 1 heterocycles. The van der Waals surface area contributed by atoms with Crippen LogP contribution in [0.3, 0.4) is 0 Å². The van der Waals surface area contributed by atoms with Crippen molar-refractivity contribution in [2.75, 3.05) is 6.61 Å². The third-order valence-corrected chi connectivity index (χ3v) is 4.64. The summed E-state index contributed by atoms with van der Waals surface area (Å²) in [6.45, 7) is 7.07. The first-order valence-corrected chi connectivity index (χ1v) is 8.41. The van der Waals surface area contributed by atoms with Crippen molar-refractivity contribution in [2.24, 2.45) is 11.8 Å².